The highest BCUT2D eigenvalue weighted by Gasteiger charge is 2.30. The summed E-state index contributed by atoms with van der Waals surface area (Å²) < 4.78 is 22.2. The fourth-order valence-electron chi connectivity index (χ4n) is 4.40. The van der Waals surface area contributed by atoms with Crippen molar-refractivity contribution in [2.24, 2.45) is 0 Å². The zero-order chi connectivity index (χ0) is 27.4. The Morgan fingerprint density at radius 3 is 2.14 bits per heavy atom. The van der Waals surface area contributed by atoms with Crippen molar-refractivity contribution >= 4 is 17.6 Å². The van der Waals surface area contributed by atoms with Gasteiger partial charge in [-0.25, -0.2) is 37.3 Å². The molecule has 3 N–H and O–H groups in total. The third-order valence-electron chi connectivity index (χ3n) is 6.10. The van der Waals surface area contributed by atoms with Gasteiger partial charge >= 0.3 is 23.0 Å². The Bertz CT molecular complexity index is 1560. The Hall–Kier alpha value is -3.80. The van der Waals surface area contributed by atoms with Gasteiger partial charge in [-0.2, -0.15) is 0 Å². The highest BCUT2D eigenvalue weighted by atomic mass is 35.5. The first-order valence-electron chi connectivity index (χ1n) is 11.6. The smallest absolute Gasteiger partial charge is 0.341 e. The number of nitrogens with one attached hydrogen (secondary N) is 1. The number of nitrogens with zero attached hydrogens (tertiary/aromatic N) is 3. The standard InChI is InChI=1S/C24H26ClFN4O7/c1-11(20(33)37-24(2,3)4)28-21(34)27-22(35)30(23(28)36)16-10-17(15(26)9-14(16)25)29-18(31)12-7-5-6-8-13(12)19(29)32/h9-11,31-32H,5-8H2,1-4H3,(H,27,34,35). The third kappa shape index (κ3) is 4.57. The maximum Gasteiger partial charge on any atom is 0.341 e. The second-order valence-electron chi connectivity index (χ2n) is 9.83. The molecule has 0 saturated heterocycles. The van der Waals surface area contributed by atoms with Crippen LogP contribution in [0.1, 0.15) is 57.7 Å². The molecule has 4 rings (SSSR count). The van der Waals surface area contributed by atoms with Gasteiger partial charge in [0.2, 0.25) is 11.8 Å². The average molecular weight is 537 g/mol. The minimum atomic E-state index is -1.43. The number of carbonyl (C=O) groups is 1. The number of halogens is 2. The van der Waals surface area contributed by atoms with Crippen LogP contribution in [-0.4, -0.2) is 40.5 Å². The molecular weight excluding hydrogens is 511 g/mol. The van der Waals surface area contributed by atoms with Gasteiger partial charge in [-0.1, -0.05) is 11.6 Å². The van der Waals surface area contributed by atoms with Gasteiger partial charge in [-0.3, -0.25) is 4.98 Å². The monoisotopic (exact) mass is 536 g/mol. The van der Waals surface area contributed by atoms with E-state index in [1.807, 2.05) is 4.98 Å². The van der Waals surface area contributed by atoms with Crippen molar-refractivity contribution in [3.8, 4) is 23.1 Å². The van der Waals surface area contributed by atoms with Crippen molar-refractivity contribution in [1.82, 2.24) is 18.7 Å². The fraction of sp³-hybridized carbons (Fsp3) is 0.417. The van der Waals surface area contributed by atoms with Crippen LogP contribution in [0.15, 0.2) is 26.5 Å². The van der Waals surface area contributed by atoms with Crippen LogP contribution in [0.2, 0.25) is 5.02 Å². The van der Waals surface area contributed by atoms with Gasteiger partial charge < -0.3 is 14.9 Å². The van der Waals surface area contributed by atoms with E-state index in [2.05, 4.69) is 0 Å². The summed E-state index contributed by atoms with van der Waals surface area (Å²) in [6.07, 6.45) is 2.52. The molecule has 1 atom stereocenters. The molecule has 0 saturated carbocycles. The van der Waals surface area contributed by atoms with Gasteiger partial charge in [0, 0.05) is 11.1 Å². The third-order valence-corrected chi connectivity index (χ3v) is 6.40. The Labute approximate surface area is 214 Å². The maximum absolute atomic E-state index is 15.1. The van der Waals surface area contributed by atoms with E-state index in [1.54, 1.807) is 20.8 Å². The highest BCUT2D eigenvalue weighted by molar-refractivity contribution is 6.32. The van der Waals surface area contributed by atoms with E-state index in [0.717, 1.165) is 29.5 Å². The van der Waals surface area contributed by atoms with Crippen LogP contribution in [0.4, 0.5) is 4.39 Å². The number of hydrogen-bond donors (Lipinski definition) is 3. The molecule has 37 heavy (non-hydrogen) atoms. The second kappa shape index (κ2) is 9.25. The summed E-state index contributed by atoms with van der Waals surface area (Å²) in [5.74, 6) is -2.59. The SMILES string of the molecule is CC(C(=O)OC(C)(C)C)n1c(=O)[nH]c(=O)n(-c2cc(-n3c(O)c4c(c3O)CCCC4)c(F)cc2Cl)c1=O. The lowest BCUT2D eigenvalue weighted by molar-refractivity contribution is -0.158. The number of aromatic amines is 1. The summed E-state index contributed by atoms with van der Waals surface area (Å²) in [6, 6.07) is 0.375. The molecule has 1 aliphatic rings. The van der Waals surface area contributed by atoms with Gasteiger partial charge in [0.25, 0.3) is 0 Å². The number of hydrogen-bond acceptors (Lipinski definition) is 7. The van der Waals surface area contributed by atoms with Crippen LogP contribution in [0.3, 0.4) is 0 Å². The van der Waals surface area contributed by atoms with E-state index >= 15 is 4.39 Å². The Kier molecular flexibility index (Phi) is 6.57. The topological polar surface area (TPSA) is 149 Å². The molecule has 1 aromatic carbocycles. The first-order chi connectivity index (χ1) is 17.2. The number of fused-ring (bicyclic) bond motifs is 1. The van der Waals surface area contributed by atoms with Gasteiger partial charge in [0.05, 0.1) is 16.4 Å². The number of benzene rings is 1. The quantitative estimate of drug-likeness (QED) is 0.434. The minimum absolute atomic E-state index is 0.347. The summed E-state index contributed by atoms with van der Waals surface area (Å²) >= 11 is 6.20. The summed E-state index contributed by atoms with van der Waals surface area (Å²) in [5, 5.41) is 21.1. The van der Waals surface area contributed by atoms with Crippen LogP contribution in [-0.2, 0) is 22.4 Å². The largest absolute Gasteiger partial charge is 0.494 e. The maximum atomic E-state index is 15.1. The van der Waals surface area contributed by atoms with Crippen molar-refractivity contribution in [2.75, 3.05) is 0 Å². The molecular formula is C24H26ClFN4O7. The Balaban J connectivity index is 1.93. The van der Waals surface area contributed by atoms with E-state index in [0.29, 0.717) is 33.1 Å². The fourth-order valence-corrected chi connectivity index (χ4v) is 4.64. The molecule has 0 aliphatic heterocycles. The molecule has 2 aromatic heterocycles. The van der Waals surface area contributed by atoms with Crippen molar-refractivity contribution in [1.29, 1.82) is 0 Å². The number of ether oxygens (including phenoxy) is 1. The van der Waals surface area contributed by atoms with Gasteiger partial charge in [0.1, 0.15) is 17.5 Å². The summed E-state index contributed by atoms with van der Waals surface area (Å²) in [6.45, 7) is 6.07. The second-order valence-corrected chi connectivity index (χ2v) is 10.2. The van der Waals surface area contributed by atoms with E-state index < -0.39 is 40.5 Å². The van der Waals surface area contributed by atoms with Crippen LogP contribution >= 0.6 is 11.6 Å². The van der Waals surface area contributed by atoms with Crippen molar-refractivity contribution < 1.29 is 24.1 Å². The number of carbonyl (C=O) groups excluding carboxylic acids is 1. The Morgan fingerprint density at radius 2 is 1.59 bits per heavy atom. The summed E-state index contributed by atoms with van der Waals surface area (Å²) in [4.78, 5) is 53.1. The lowest BCUT2D eigenvalue weighted by Crippen LogP contribution is -2.51. The van der Waals surface area contributed by atoms with Crippen molar-refractivity contribution in [3.05, 3.63) is 65.6 Å². The molecule has 1 unspecified atom stereocenters. The van der Waals surface area contributed by atoms with Gasteiger partial charge in [-0.05, 0) is 65.5 Å². The number of H-pyrrole nitrogens is 1. The van der Waals surface area contributed by atoms with Crippen LogP contribution in [0.5, 0.6) is 11.8 Å². The summed E-state index contributed by atoms with van der Waals surface area (Å²) in [7, 11) is 0. The molecule has 0 spiro atoms. The lowest BCUT2D eigenvalue weighted by Gasteiger charge is -2.23. The number of aromatic hydroxyl groups is 2. The zero-order valence-corrected chi connectivity index (χ0v) is 21.3. The molecule has 13 heteroatoms. The zero-order valence-electron chi connectivity index (χ0n) is 20.6. The van der Waals surface area contributed by atoms with Gasteiger partial charge in [0.15, 0.2) is 0 Å². The van der Waals surface area contributed by atoms with Crippen molar-refractivity contribution in [3.63, 3.8) is 0 Å². The molecule has 0 bridgehead atoms. The van der Waals surface area contributed by atoms with E-state index in [1.165, 1.54) is 6.92 Å². The normalized spacial score (nSPS) is 14.3. The van der Waals surface area contributed by atoms with Crippen LogP contribution in [0, 0.1) is 5.82 Å². The van der Waals surface area contributed by atoms with E-state index in [9.17, 15) is 29.4 Å². The van der Waals surface area contributed by atoms with Crippen LogP contribution < -0.4 is 17.1 Å². The first-order valence-corrected chi connectivity index (χ1v) is 12.0. The molecule has 198 valence electrons. The molecule has 0 radical (unpaired) electrons. The predicted molar refractivity (Wildman–Crippen MR) is 132 cm³/mol. The number of rotatable bonds is 4. The first kappa shape index (κ1) is 26.3. The average Bonchev–Trinajstić information content (AvgIpc) is 3.04. The molecule has 2 heterocycles. The molecule has 0 amide bonds. The molecule has 3 aromatic rings. The predicted octanol–water partition coefficient (Wildman–Crippen LogP) is 2.46. The van der Waals surface area contributed by atoms with E-state index in [4.69, 9.17) is 16.3 Å². The molecule has 0 fully saturated rings. The lowest BCUT2D eigenvalue weighted by atomic mass is 9.95. The highest BCUT2D eigenvalue weighted by Crippen LogP contribution is 2.42. The summed E-state index contributed by atoms with van der Waals surface area (Å²) in [5.41, 5.74) is -4.26. The van der Waals surface area contributed by atoms with Gasteiger partial charge in [-0.15, -0.1) is 0 Å². The Morgan fingerprint density at radius 1 is 1.03 bits per heavy atom. The van der Waals surface area contributed by atoms with Crippen LogP contribution in [0.25, 0.3) is 11.4 Å². The molecule has 11 nitrogen and oxygen atoms in total. The number of esters is 1. The van der Waals surface area contributed by atoms with E-state index in [-0.39, 0.29) is 28.2 Å². The van der Waals surface area contributed by atoms with Crippen molar-refractivity contribution in [2.45, 2.75) is 65.0 Å². The minimum Gasteiger partial charge on any atom is -0.494 e. The molecule has 1 aliphatic carbocycles. The number of aromatic nitrogens is 4.